The van der Waals surface area contributed by atoms with E-state index in [2.05, 4.69) is 21.2 Å². The maximum atomic E-state index is 11.7. The minimum Gasteiger partial charge on any atom is -0.493 e. The quantitative estimate of drug-likeness (QED) is 0.851. The normalized spacial score (nSPS) is 11.8. The predicted molar refractivity (Wildman–Crippen MR) is 71.2 cm³/mol. The zero-order valence-corrected chi connectivity index (χ0v) is 11.7. The van der Waals surface area contributed by atoms with E-state index < -0.39 is 0 Å². The molecular weight excluding hydrogens is 286 g/mol. The summed E-state index contributed by atoms with van der Waals surface area (Å²) in [6.07, 6.45) is 0.735. The van der Waals surface area contributed by atoms with Gasteiger partial charge in [-0.15, -0.1) is 0 Å². The molecule has 0 aliphatic carbocycles. The van der Waals surface area contributed by atoms with Crippen LogP contribution in [0.2, 0.25) is 0 Å². The Bertz CT molecular complexity index is 395. The lowest BCUT2D eigenvalue weighted by atomic mass is 10.2. The Morgan fingerprint density at radius 3 is 2.53 bits per heavy atom. The molecule has 0 saturated heterocycles. The second-order valence-corrected chi connectivity index (χ2v) is 4.54. The van der Waals surface area contributed by atoms with Crippen molar-refractivity contribution in [2.45, 2.75) is 18.2 Å². The Morgan fingerprint density at radius 2 is 2.00 bits per heavy atom. The molecule has 0 saturated carbocycles. The lowest BCUT2D eigenvalue weighted by molar-refractivity contribution is -0.115. The first-order valence-electron chi connectivity index (χ1n) is 5.29. The fourth-order valence-corrected chi connectivity index (χ4v) is 1.43. The summed E-state index contributed by atoms with van der Waals surface area (Å²) in [5.41, 5.74) is 0.686. The number of rotatable bonds is 5. The van der Waals surface area contributed by atoms with Gasteiger partial charge in [-0.2, -0.15) is 0 Å². The summed E-state index contributed by atoms with van der Waals surface area (Å²) in [4.78, 5) is 11.5. The summed E-state index contributed by atoms with van der Waals surface area (Å²) < 4.78 is 10.3. The van der Waals surface area contributed by atoms with Crippen LogP contribution in [0.4, 0.5) is 5.69 Å². The average Bonchev–Trinajstić information content (AvgIpc) is 2.37. The molecule has 0 aromatic heterocycles. The van der Waals surface area contributed by atoms with Crippen LogP contribution in [-0.4, -0.2) is 25.0 Å². The number of ether oxygens (including phenoxy) is 2. The van der Waals surface area contributed by atoms with Gasteiger partial charge >= 0.3 is 0 Å². The molecule has 0 fully saturated rings. The fraction of sp³-hybridized carbons (Fsp3) is 0.417. The van der Waals surface area contributed by atoms with Crippen molar-refractivity contribution in [1.29, 1.82) is 0 Å². The fourth-order valence-electron chi connectivity index (χ4n) is 1.32. The van der Waals surface area contributed by atoms with Crippen LogP contribution in [0.25, 0.3) is 0 Å². The van der Waals surface area contributed by atoms with Crippen molar-refractivity contribution >= 4 is 27.5 Å². The maximum absolute atomic E-state index is 11.7. The lowest BCUT2D eigenvalue weighted by Gasteiger charge is -2.12. The second-order valence-electron chi connectivity index (χ2n) is 3.43. The standard InChI is InChI=1S/C12H16BrNO3/c1-4-9(13)12(15)14-8-5-6-10(16-2)11(7-8)17-3/h5-7,9H,4H2,1-3H3,(H,14,15). The first kappa shape index (κ1) is 13.8. The van der Waals surface area contributed by atoms with E-state index in [4.69, 9.17) is 9.47 Å². The minimum atomic E-state index is -0.185. The molecule has 0 aliphatic rings. The van der Waals surface area contributed by atoms with Crippen LogP contribution >= 0.6 is 15.9 Å². The van der Waals surface area contributed by atoms with Crippen LogP contribution in [0.5, 0.6) is 11.5 Å². The number of hydrogen-bond acceptors (Lipinski definition) is 3. The Hall–Kier alpha value is -1.23. The number of hydrogen-bond donors (Lipinski definition) is 1. The molecule has 1 rings (SSSR count). The molecule has 94 valence electrons. The molecule has 0 aliphatic heterocycles. The molecule has 1 aromatic carbocycles. The number of nitrogens with one attached hydrogen (secondary N) is 1. The van der Waals surface area contributed by atoms with E-state index in [1.807, 2.05) is 6.92 Å². The molecule has 0 radical (unpaired) electrons. The Morgan fingerprint density at radius 1 is 1.35 bits per heavy atom. The molecule has 5 heteroatoms. The van der Waals surface area contributed by atoms with Gasteiger partial charge in [0.2, 0.25) is 5.91 Å². The van der Waals surface area contributed by atoms with Crippen molar-refractivity contribution in [2.24, 2.45) is 0 Å². The summed E-state index contributed by atoms with van der Waals surface area (Å²) in [5.74, 6) is 1.16. The first-order valence-corrected chi connectivity index (χ1v) is 6.20. The number of benzene rings is 1. The molecule has 1 aromatic rings. The Kier molecular flexibility index (Phi) is 5.28. The molecule has 17 heavy (non-hydrogen) atoms. The van der Waals surface area contributed by atoms with E-state index in [1.165, 1.54) is 0 Å². The van der Waals surface area contributed by atoms with Gasteiger partial charge in [0.25, 0.3) is 0 Å². The van der Waals surface area contributed by atoms with Crippen LogP contribution in [0.1, 0.15) is 13.3 Å². The molecule has 0 heterocycles. The van der Waals surface area contributed by atoms with E-state index >= 15 is 0 Å². The van der Waals surface area contributed by atoms with Crippen molar-refractivity contribution in [3.63, 3.8) is 0 Å². The van der Waals surface area contributed by atoms with E-state index in [0.717, 1.165) is 6.42 Å². The van der Waals surface area contributed by atoms with E-state index in [1.54, 1.807) is 32.4 Å². The summed E-state index contributed by atoms with van der Waals surface area (Å²) in [5, 5.41) is 2.80. The molecule has 1 atom stereocenters. The topological polar surface area (TPSA) is 47.6 Å². The molecule has 1 unspecified atom stereocenters. The van der Waals surface area contributed by atoms with Gasteiger partial charge in [0.1, 0.15) is 0 Å². The largest absolute Gasteiger partial charge is 0.493 e. The second kappa shape index (κ2) is 6.49. The lowest BCUT2D eigenvalue weighted by Crippen LogP contribution is -2.21. The van der Waals surface area contributed by atoms with Crippen LogP contribution in [0.15, 0.2) is 18.2 Å². The summed E-state index contributed by atoms with van der Waals surface area (Å²) in [6, 6.07) is 5.25. The molecular formula is C12H16BrNO3. The number of halogens is 1. The number of carbonyl (C=O) groups excluding carboxylic acids is 1. The van der Waals surface area contributed by atoms with Crippen molar-refractivity contribution in [3.8, 4) is 11.5 Å². The number of amides is 1. The van der Waals surface area contributed by atoms with Gasteiger partial charge in [0.05, 0.1) is 19.0 Å². The zero-order valence-electron chi connectivity index (χ0n) is 10.1. The van der Waals surface area contributed by atoms with Gasteiger partial charge in [-0.05, 0) is 18.6 Å². The Labute approximate surface area is 109 Å². The number of methoxy groups -OCH3 is 2. The third-order valence-corrected chi connectivity index (χ3v) is 3.36. The number of anilines is 1. The van der Waals surface area contributed by atoms with Crippen molar-refractivity contribution < 1.29 is 14.3 Å². The predicted octanol–water partition coefficient (Wildman–Crippen LogP) is 2.82. The Balaban J connectivity index is 2.82. The number of carbonyl (C=O) groups is 1. The van der Waals surface area contributed by atoms with Gasteiger partial charge in [-0.3, -0.25) is 4.79 Å². The number of alkyl halides is 1. The highest BCUT2D eigenvalue weighted by molar-refractivity contribution is 9.10. The van der Waals surface area contributed by atoms with Gasteiger partial charge in [-0.1, -0.05) is 22.9 Å². The summed E-state index contributed by atoms with van der Waals surface area (Å²) in [6.45, 7) is 1.94. The van der Waals surface area contributed by atoms with Gasteiger partial charge in [0.15, 0.2) is 11.5 Å². The summed E-state index contributed by atoms with van der Waals surface area (Å²) in [7, 11) is 3.13. The van der Waals surface area contributed by atoms with Gasteiger partial charge in [0, 0.05) is 11.8 Å². The van der Waals surface area contributed by atoms with Crippen LogP contribution in [0, 0.1) is 0 Å². The van der Waals surface area contributed by atoms with Crippen molar-refractivity contribution in [1.82, 2.24) is 0 Å². The minimum absolute atomic E-state index is 0.0697. The van der Waals surface area contributed by atoms with Crippen LogP contribution < -0.4 is 14.8 Å². The van der Waals surface area contributed by atoms with Crippen molar-refractivity contribution in [2.75, 3.05) is 19.5 Å². The third-order valence-electron chi connectivity index (χ3n) is 2.29. The average molecular weight is 302 g/mol. The third kappa shape index (κ3) is 3.63. The molecule has 1 amide bonds. The van der Waals surface area contributed by atoms with E-state index in [9.17, 15) is 4.79 Å². The van der Waals surface area contributed by atoms with Crippen LogP contribution in [-0.2, 0) is 4.79 Å². The van der Waals surface area contributed by atoms with Crippen LogP contribution in [0.3, 0.4) is 0 Å². The van der Waals surface area contributed by atoms with Gasteiger partial charge in [-0.25, -0.2) is 0 Å². The van der Waals surface area contributed by atoms with Gasteiger partial charge < -0.3 is 14.8 Å². The highest BCUT2D eigenvalue weighted by Gasteiger charge is 2.13. The van der Waals surface area contributed by atoms with E-state index in [-0.39, 0.29) is 10.7 Å². The zero-order chi connectivity index (χ0) is 12.8. The molecule has 1 N–H and O–H groups in total. The van der Waals surface area contributed by atoms with E-state index in [0.29, 0.717) is 17.2 Å². The highest BCUT2D eigenvalue weighted by atomic mass is 79.9. The highest BCUT2D eigenvalue weighted by Crippen LogP contribution is 2.29. The molecule has 4 nitrogen and oxygen atoms in total. The molecule has 0 spiro atoms. The maximum Gasteiger partial charge on any atom is 0.238 e. The monoisotopic (exact) mass is 301 g/mol. The SMILES string of the molecule is CCC(Br)C(=O)Nc1ccc(OC)c(OC)c1. The summed E-state index contributed by atoms with van der Waals surface area (Å²) >= 11 is 3.30. The first-order chi connectivity index (χ1) is 8.12. The van der Waals surface area contributed by atoms with Crippen molar-refractivity contribution in [3.05, 3.63) is 18.2 Å². The molecule has 0 bridgehead atoms. The smallest absolute Gasteiger partial charge is 0.238 e.